The molecule has 0 spiro atoms. The molecule has 1 aromatic heterocycles. The number of anilines is 1. The maximum Gasteiger partial charge on any atom is 0.387 e. The number of carbonyl (C=O) groups is 2. The lowest BCUT2D eigenvalue weighted by molar-refractivity contribution is -0.142. The van der Waals surface area contributed by atoms with Gasteiger partial charge in [0.05, 0.1) is 12.0 Å². The van der Waals surface area contributed by atoms with E-state index >= 15 is 0 Å². The lowest BCUT2D eigenvalue weighted by Gasteiger charge is -2.11. The maximum atomic E-state index is 12.3. The quantitative estimate of drug-likeness (QED) is 0.462. The van der Waals surface area contributed by atoms with Crippen LogP contribution in [0.25, 0.3) is 6.08 Å². The van der Waals surface area contributed by atoms with Crippen molar-refractivity contribution in [3.05, 3.63) is 54.0 Å². The number of nitrogens with zero attached hydrogens (tertiary/aromatic N) is 1. The van der Waals surface area contributed by atoms with Crippen molar-refractivity contribution in [3.63, 3.8) is 0 Å². The predicted molar refractivity (Wildman–Crippen MR) is 85.0 cm³/mol. The molecule has 7 nitrogen and oxygen atoms in total. The predicted octanol–water partition coefficient (Wildman–Crippen LogP) is 2.97. The van der Waals surface area contributed by atoms with Crippen LogP contribution in [0.1, 0.15) is 5.76 Å². The summed E-state index contributed by atoms with van der Waals surface area (Å²) in [5.41, 5.74) is -0.380. The lowest BCUT2D eigenvalue weighted by Crippen LogP contribution is -2.22. The zero-order valence-corrected chi connectivity index (χ0v) is 13.1. The number of benzene rings is 1. The number of ether oxygens (including phenoxy) is 2. The Balaban J connectivity index is 1.95. The Kier molecular flexibility index (Phi) is 6.45. The Morgan fingerprint density at radius 1 is 1.27 bits per heavy atom. The van der Waals surface area contributed by atoms with Gasteiger partial charge in [-0.3, -0.25) is 4.79 Å². The first kappa shape index (κ1) is 18.7. The van der Waals surface area contributed by atoms with Crippen LogP contribution in [-0.2, 0) is 14.3 Å². The number of hydrogen-bond donors (Lipinski definition) is 1. The van der Waals surface area contributed by atoms with Gasteiger partial charge in [0.25, 0.3) is 5.91 Å². The molecule has 0 unspecified atom stereocenters. The van der Waals surface area contributed by atoms with Crippen molar-refractivity contribution in [2.75, 3.05) is 11.9 Å². The number of hydrogen-bond acceptors (Lipinski definition) is 6. The van der Waals surface area contributed by atoms with Gasteiger partial charge in [-0.1, -0.05) is 12.1 Å². The topological polar surface area (TPSA) is 102 Å². The van der Waals surface area contributed by atoms with Crippen molar-refractivity contribution in [1.82, 2.24) is 0 Å². The van der Waals surface area contributed by atoms with Crippen LogP contribution in [0.2, 0.25) is 0 Å². The first-order chi connectivity index (χ1) is 12.5. The fraction of sp³-hybridized carbons (Fsp3) is 0.118. The molecule has 2 rings (SSSR count). The van der Waals surface area contributed by atoms with E-state index in [-0.39, 0.29) is 22.8 Å². The van der Waals surface area contributed by atoms with Crippen molar-refractivity contribution >= 4 is 23.6 Å². The molecule has 2 aromatic rings. The van der Waals surface area contributed by atoms with Crippen LogP contribution in [0.4, 0.5) is 14.5 Å². The van der Waals surface area contributed by atoms with Crippen molar-refractivity contribution < 1.29 is 32.3 Å². The fourth-order valence-electron chi connectivity index (χ4n) is 1.82. The van der Waals surface area contributed by atoms with Crippen molar-refractivity contribution in [2.24, 2.45) is 0 Å². The van der Waals surface area contributed by atoms with E-state index in [2.05, 4.69) is 10.1 Å². The number of rotatable bonds is 7. The number of furan rings is 1. The SMILES string of the molecule is N#C/C(=C\c1ccco1)C(=O)OCC(=O)Nc1ccccc1OC(F)F. The molecule has 1 amide bonds. The van der Waals surface area contributed by atoms with E-state index in [4.69, 9.17) is 14.4 Å². The summed E-state index contributed by atoms with van der Waals surface area (Å²) in [5.74, 6) is -1.80. The molecule has 1 heterocycles. The van der Waals surface area contributed by atoms with Crippen LogP contribution in [-0.4, -0.2) is 25.1 Å². The Bertz CT molecular complexity index is 841. The summed E-state index contributed by atoms with van der Waals surface area (Å²) in [4.78, 5) is 23.6. The number of para-hydroxylation sites is 2. The molecule has 134 valence electrons. The van der Waals surface area contributed by atoms with Gasteiger partial charge in [0.15, 0.2) is 6.61 Å². The Morgan fingerprint density at radius 2 is 2.04 bits per heavy atom. The average molecular weight is 362 g/mol. The summed E-state index contributed by atoms with van der Waals surface area (Å²) in [5, 5.41) is 11.2. The standard InChI is InChI=1S/C17H12F2N2O5/c18-17(19)26-14-6-2-1-5-13(14)21-15(22)10-25-16(23)11(9-20)8-12-4-3-7-24-12/h1-8,17H,10H2,(H,21,22)/b11-8+. The van der Waals surface area contributed by atoms with E-state index in [1.54, 1.807) is 12.1 Å². The summed E-state index contributed by atoms with van der Waals surface area (Å²) < 4.78 is 38.6. The minimum Gasteiger partial charge on any atom is -0.465 e. The van der Waals surface area contributed by atoms with Gasteiger partial charge >= 0.3 is 12.6 Å². The lowest BCUT2D eigenvalue weighted by atomic mass is 10.2. The Hall–Kier alpha value is -3.67. The number of amides is 1. The normalized spacial score (nSPS) is 10.9. The van der Waals surface area contributed by atoms with Crippen LogP contribution < -0.4 is 10.1 Å². The third-order valence-corrected chi connectivity index (χ3v) is 2.88. The van der Waals surface area contributed by atoms with Crippen molar-refractivity contribution in [3.8, 4) is 11.8 Å². The van der Waals surface area contributed by atoms with Crippen LogP contribution in [0.15, 0.2) is 52.7 Å². The molecule has 9 heteroatoms. The van der Waals surface area contributed by atoms with E-state index in [0.717, 1.165) is 6.08 Å². The molecule has 0 atom stereocenters. The number of esters is 1. The van der Waals surface area contributed by atoms with Crippen LogP contribution in [0, 0.1) is 11.3 Å². The van der Waals surface area contributed by atoms with Crippen molar-refractivity contribution in [1.29, 1.82) is 5.26 Å². The largest absolute Gasteiger partial charge is 0.465 e. The number of nitriles is 1. The molecule has 26 heavy (non-hydrogen) atoms. The summed E-state index contributed by atoms with van der Waals surface area (Å²) in [6.45, 7) is -3.78. The molecule has 0 aliphatic carbocycles. The van der Waals surface area contributed by atoms with E-state index in [0.29, 0.717) is 0 Å². The minimum atomic E-state index is -3.06. The number of nitrogens with one attached hydrogen (secondary N) is 1. The van der Waals surface area contributed by atoms with Crippen LogP contribution >= 0.6 is 0 Å². The molecule has 0 saturated heterocycles. The molecular weight excluding hydrogens is 350 g/mol. The zero-order chi connectivity index (χ0) is 18.9. The fourth-order valence-corrected chi connectivity index (χ4v) is 1.82. The van der Waals surface area contributed by atoms with Gasteiger partial charge in [-0.05, 0) is 24.3 Å². The Morgan fingerprint density at radius 3 is 2.69 bits per heavy atom. The van der Waals surface area contributed by atoms with E-state index in [1.807, 2.05) is 0 Å². The average Bonchev–Trinajstić information content (AvgIpc) is 3.12. The van der Waals surface area contributed by atoms with E-state index in [9.17, 15) is 18.4 Å². The molecule has 1 N–H and O–H groups in total. The van der Waals surface area contributed by atoms with Crippen LogP contribution in [0.5, 0.6) is 5.75 Å². The highest BCUT2D eigenvalue weighted by atomic mass is 19.3. The Labute approximate surface area is 146 Å². The molecule has 0 bridgehead atoms. The van der Waals surface area contributed by atoms with Crippen molar-refractivity contribution in [2.45, 2.75) is 6.61 Å². The second-order valence-corrected chi connectivity index (χ2v) is 4.68. The first-order valence-corrected chi connectivity index (χ1v) is 7.15. The minimum absolute atomic E-state index is 0.0134. The zero-order valence-electron chi connectivity index (χ0n) is 13.1. The van der Waals surface area contributed by atoms with Gasteiger partial charge in [-0.15, -0.1) is 0 Å². The highest BCUT2D eigenvalue weighted by molar-refractivity contribution is 6.00. The molecule has 1 aromatic carbocycles. The first-order valence-electron chi connectivity index (χ1n) is 7.15. The summed E-state index contributed by atoms with van der Waals surface area (Å²) in [6, 6.07) is 10.3. The van der Waals surface area contributed by atoms with Gasteiger partial charge in [0, 0.05) is 6.08 Å². The van der Waals surface area contributed by atoms with Gasteiger partial charge in [-0.25, -0.2) is 4.79 Å². The third-order valence-electron chi connectivity index (χ3n) is 2.88. The number of alkyl halides is 2. The third kappa shape index (κ3) is 5.45. The summed E-state index contributed by atoms with van der Waals surface area (Å²) in [6.07, 6.45) is 2.52. The highest BCUT2D eigenvalue weighted by Crippen LogP contribution is 2.25. The number of halogens is 2. The van der Waals surface area contributed by atoms with Gasteiger partial charge in [0.2, 0.25) is 0 Å². The molecule has 0 saturated carbocycles. The second-order valence-electron chi connectivity index (χ2n) is 4.68. The monoisotopic (exact) mass is 362 g/mol. The molecule has 0 aliphatic heterocycles. The van der Waals surface area contributed by atoms with Crippen LogP contribution in [0.3, 0.4) is 0 Å². The highest BCUT2D eigenvalue weighted by Gasteiger charge is 2.15. The van der Waals surface area contributed by atoms with Gasteiger partial charge in [-0.2, -0.15) is 14.0 Å². The molecule has 0 radical (unpaired) electrons. The summed E-state index contributed by atoms with van der Waals surface area (Å²) >= 11 is 0. The van der Waals surface area contributed by atoms with E-state index < -0.39 is 25.1 Å². The van der Waals surface area contributed by atoms with E-state index in [1.165, 1.54) is 36.6 Å². The van der Waals surface area contributed by atoms with Gasteiger partial charge < -0.3 is 19.2 Å². The smallest absolute Gasteiger partial charge is 0.387 e. The maximum absolute atomic E-state index is 12.3. The molecule has 0 fully saturated rings. The molecular formula is C17H12F2N2O5. The summed E-state index contributed by atoms with van der Waals surface area (Å²) in [7, 11) is 0. The van der Waals surface area contributed by atoms with Gasteiger partial charge in [0.1, 0.15) is 23.2 Å². The second kappa shape index (κ2) is 8.98. The number of carbonyl (C=O) groups excluding carboxylic acids is 2. The molecule has 0 aliphatic rings.